The Kier molecular flexibility index (Phi) is 3.19. The van der Waals surface area contributed by atoms with Gasteiger partial charge in [0.15, 0.2) is 0 Å². The molecule has 0 aromatic heterocycles. The van der Waals surface area contributed by atoms with E-state index in [1.54, 1.807) is 0 Å². The van der Waals surface area contributed by atoms with Gasteiger partial charge in [-0.2, -0.15) is 0 Å². The molecule has 3 rings (SSSR count). The first-order valence-electron chi connectivity index (χ1n) is 6.06. The third kappa shape index (κ3) is 2.09. The number of rotatable bonds is 1. The third-order valence-electron chi connectivity index (χ3n) is 3.33. The summed E-state index contributed by atoms with van der Waals surface area (Å²) in [6, 6.07) is 14.3. The second kappa shape index (κ2) is 4.83. The summed E-state index contributed by atoms with van der Waals surface area (Å²) in [4.78, 5) is 2.31. The highest BCUT2D eigenvalue weighted by Crippen LogP contribution is 2.35. The molecular formula is C15H13Cl2N. The lowest BCUT2D eigenvalue weighted by Gasteiger charge is -2.31. The van der Waals surface area contributed by atoms with E-state index in [1.807, 2.05) is 18.2 Å². The average Bonchev–Trinajstić information content (AvgIpc) is 2.41. The minimum atomic E-state index is 0.603. The van der Waals surface area contributed by atoms with Crippen LogP contribution in [0.25, 0.3) is 0 Å². The van der Waals surface area contributed by atoms with Crippen molar-refractivity contribution in [3.8, 4) is 0 Å². The van der Waals surface area contributed by atoms with Gasteiger partial charge in [-0.1, -0.05) is 41.4 Å². The smallest absolute Gasteiger partial charge is 0.0613 e. The van der Waals surface area contributed by atoms with Crippen LogP contribution in [0, 0.1) is 0 Å². The molecule has 0 spiro atoms. The highest BCUT2D eigenvalue weighted by Gasteiger charge is 2.18. The summed E-state index contributed by atoms with van der Waals surface area (Å²) in [6.45, 7) is 1.02. The fourth-order valence-electron chi connectivity index (χ4n) is 2.45. The number of fused-ring (bicyclic) bond motifs is 1. The second-order valence-corrected chi connectivity index (χ2v) is 5.30. The standard InChI is InChI=1S/C15H13Cl2N/c16-13-8-7-12(10-14(13)17)18-9-3-5-11-4-1-2-6-15(11)18/h1-2,4,6-8,10H,3,5,9H2. The lowest BCUT2D eigenvalue weighted by molar-refractivity contribution is 0.767. The fraction of sp³-hybridized carbons (Fsp3) is 0.200. The Morgan fingerprint density at radius 3 is 2.61 bits per heavy atom. The van der Waals surface area contributed by atoms with Gasteiger partial charge in [0.1, 0.15) is 0 Å². The molecule has 0 atom stereocenters. The largest absolute Gasteiger partial charge is 0.341 e. The molecule has 1 heterocycles. The van der Waals surface area contributed by atoms with Gasteiger partial charge >= 0.3 is 0 Å². The number of hydrogen-bond donors (Lipinski definition) is 0. The van der Waals surface area contributed by atoms with Crippen LogP contribution in [0.1, 0.15) is 12.0 Å². The predicted octanol–water partition coefficient (Wildman–Crippen LogP) is 5.08. The van der Waals surface area contributed by atoms with Crippen molar-refractivity contribution >= 4 is 34.6 Å². The van der Waals surface area contributed by atoms with E-state index in [0.29, 0.717) is 10.0 Å². The normalized spacial score (nSPS) is 14.4. The molecule has 0 amide bonds. The minimum Gasteiger partial charge on any atom is -0.341 e. The molecule has 92 valence electrons. The van der Waals surface area contributed by atoms with Gasteiger partial charge in [0.2, 0.25) is 0 Å². The van der Waals surface area contributed by atoms with Gasteiger partial charge < -0.3 is 4.90 Å². The SMILES string of the molecule is Clc1ccc(N2CCCc3ccccc32)cc1Cl. The summed E-state index contributed by atoms with van der Waals surface area (Å²) in [5.41, 5.74) is 3.79. The Morgan fingerprint density at radius 1 is 0.944 bits per heavy atom. The number of hydrogen-bond acceptors (Lipinski definition) is 1. The molecule has 2 aromatic rings. The van der Waals surface area contributed by atoms with Crippen molar-refractivity contribution < 1.29 is 0 Å². The van der Waals surface area contributed by atoms with E-state index >= 15 is 0 Å². The molecule has 0 fully saturated rings. The van der Waals surface area contributed by atoms with Gasteiger partial charge in [-0.05, 0) is 42.7 Å². The number of para-hydroxylation sites is 1. The van der Waals surface area contributed by atoms with E-state index in [0.717, 1.165) is 25.1 Å². The van der Waals surface area contributed by atoms with Gasteiger partial charge in [0.05, 0.1) is 10.0 Å². The van der Waals surface area contributed by atoms with Crippen LogP contribution in [-0.2, 0) is 6.42 Å². The molecule has 3 heteroatoms. The summed E-state index contributed by atoms with van der Waals surface area (Å²) < 4.78 is 0. The van der Waals surface area contributed by atoms with Crippen LogP contribution in [0.4, 0.5) is 11.4 Å². The third-order valence-corrected chi connectivity index (χ3v) is 4.06. The van der Waals surface area contributed by atoms with Crippen molar-refractivity contribution in [2.24, 2.45) is 0 Å². The van der Waals surface area contributed by atoms with Crippen molar-refractivity contribution in [2.45, 2.75) is 12.8 Å². The molecule has 1 aliphatic heterocycles. The molecule has 0 N–H and O–H groups in total. The molecule has 1 nitrogen and oxygen atoms in total. The molecule has 2 aromatic carbocycles. The summed E-state index contributed by atoms with van der Waals surface area (Å²) in [5, 5.41) is 1.21. The quantitative estimate of drug-likeness (QED) is 0.703. The molecule has 0 saturated heterocycles. The Bertz CT molecular complexity index is 580. The first-order chi connectivity index (χ1) is 8.75. The number of aryl methyl sites for hydroxylation is 1. The Labute approximate surface area is 117 Å². The predicted molar refractivity (Wildman–Crippen MR) is 78.2 cm³/mol. The van der Waals surface area contributed by atoms with Crippen molar-refractivity contribution in [3.63, 3.8) is 0 Å². The average molecular weight is 278 g/mol. The van der Waals surface area contributed by atoms with E-state index in [2.05, 4.69) is 29.2 Å². The minimum absolute atomic E-state index is 0.603. The van der Waals surface area contributed by atoms with Crippen LogP contribution < -0.4 is 4.90 Å². The molecule has 0 bridgehead atoms. The first-order valence-corrected chi connectivity index (χ1v) is 6.82. The van der Waals surface area contributed by atoms with Crippen LogP contribution in [0.3, 0.4) is 0 Å². The van der Waals surface area contributed by atoms with Crippen molar-refractivity contribution in [1.29, 1.82) is 0 Å². The molecule has 0 unspecified atom stereocenters. The zero-order valence-corrected chi connectivity index (χ0v) is 11.4. The Balaban J connectivity index is 2.05. The van der Waals surface area contributed by atoms with Crippen molar-refractivity contribution in [2.75, 3.05) is 11.4 Å². The molecule has 0 aliphatic carbocycles. The van der Waals surface area contributed by atoms with Crippen LogP contribution >= 0.6 is 23.2 Å². The summed E-state index contributed by atoms with van der Waals surface area (Å²) in [5.74, 6) is 0. The number of nitrogens with zero attached hydrogens (tertiary/aromatic N) is 1. The lowest BCUT2D eigenvalue weighted by atomic mass is 10.0. The van der Waals surface area contributed by atoms with Crippen molar-refractivity contribution in [3.05, 3.63) is 58.1 Å². The highest BCUT2D eigenvalue weighted by molar-refractivity contribution is 6.42. The Hall–Kier alpha value is -1.18. The molecular weight excluding hydrogens is 265 g/mol. The zero-order valence-electron chi connectivity index (χ0n) is 9.87. The van der Waals surface area contributed by atoms with Gasteiger partial charge in [-0.3, -0.25) is 0 Å². The van der Waals surface area contributed by atoms with Crippen LogP contribution in [0.5, 0.6) is 0 Å². The molecule has 0 radical (unpaired) electrons. The number of anilines is 2. The topological polar surface area (TPSA) is 3.24 Å². The second-order valence-electron chi connectivity index (χ2n) is 4.48. The van der Waals surface area contributed by atoms with Crippen molar-refractivity contribution in [1.82, 2.24) is 0 Å². The lowest BCUT2D eigenvalue weighted by Crippen LogP contribution is -2.24. The molecule has 18 heavy (non-hydrogen) atoms. The maximum atomic E-state index is 6.10. The van der Waals surface area contributed by atoms with E-state index in [9.17, 15) is 0 Å². The molecule has 1 aliphatic rings. The first kappa shape index (κ1) is 11.9. The number of halogens is 2. The van der Waals surface area contributed by atoms with E-state index < -0.39 is 0 Å². The van der Waals surface area contributed by atoms with Crippen LogP contribution in [0.2, 0.25) is 10.0 Å². The van der Waals surface area contributed by atoms with Crippen LogP contribution in [0.15, 0.2) is 42.5 Å². The maximum Gasteiger partial charge on any atom is 0.0613 e. The summed E-state index contributed by atoms with van der Waals surface area (Å²) in [7, 11) is 0. The van der Waals surface area contributed by atoms with Gasteiger partial charge in [0.25, 0.3) is 0 Å². The van der Waals surface area contributed by atoms with Gasteiger partial charge in [-0.25, -0.2) is 0 Å². The summed E-state index contributed by atoms with van der Waals surface area (Å²) >= 11 is 12.1. The zero-order chi connectivity index (χ0) is 12.5. The summed E-state index contributed by atoms with van der Waals surface area (Å²) in [6.07, 6.45) is 2.31. The maximum absolute atomic E-state index is 6.10. The monoisotopic (exact) mass is 277 g/mol. The molecule has 0 saturated carbocycles. The van der Waals surface area contributed by atoms with E-state index in [-0.39, 0.29) is 0 Å². The van der Waals surface area contributed by atoms with Gasteiger partial charge in [0, 0.05) is 17.9 Å². The van der Waals surface area contributed by atoms with Crippen LogP contribution in [-0.4, -0.2) is 6.54 Å². The number of benzene rings is 2. The van der Waals surface area contributed by atoms with Gasteiger partial charge in [-0.15, -0.1) is 0 Å². The highest BCUT2D eigenvalue weighted by atomic mass is 35.5. The van der Waals surface area contributed by atoms with E-state index in [1.165, 1.54) is 11.3 Å². The fourth-order valence-corrected chi connectivity index (χ4v) is 2.75. The van der Waals surface area contributed by atoms with E-state index in [4.69, 9.17) is 23.2 Å². The Morgan fingerprint density at radius 2 is 1.78 bits per heavy atom.